The SMILES string of the molecule is CN=C(NCCOc1ccccc1)NCc1c(C)nn(Cc2ccccc2)c1C. The molecule has 0 saturated carbocycles. The van der Waals surface area contributed by atoms with E-state index in [1.54, 1.807) is 7.05 Å². The molecule has 0 fully saturated rings. The zero-order chi connectivity index (χ0) is 20.5. The number of aromatic nitrogens is 2. The average Bonchev–Trinajstić information content (AvgIpc) is 3.01. The average molecular weight is 392 g/mol. The Morgan fingerprint density at radius 1 is 1.00 bits per heavy atom. The Morgan fingerprint density at radius 3 is 2.38 bits per heavy atom. The van der Waals surface area contributed by atoms with E-state index < -0.39 is 0 Å². The lowest BCUT2D eigenvalue weighted by Gasteiger charge is -2.13. The molecule has 152 valence electrons. The summed E-state index contributed by atoms with van der Waals surface area (Å²) in [5.74, 6) is 1.62. The van der Waals surface area contributed by atoms with E-state index in [0.717, 1.165) is 23.9 Å². The minimum atomic E-state index is 0.567. The van der Waals surface area contributed by atoms with Crippen molar-refractivity contribution in [3.8, 4) is 5.75 Å². The lowest BCUT2D eigenvalue weighted by atomic mass is 10.2. The summed E-state index contributed by atoms with van der Waals surface area (Å²) in [5, 5.41) is 11.4. The fraction of sp³-hybridized carbons (Fsp3) is 0.304. The Balaban J connectivity index is 1.50. The van der Waals surface area contributed by atoms with Crippen molar-refractivity contribution >= 4 is 5.96 Å². The minimum absolute atomic E-state index is 0.567. The zero-order valence-corrected chi connectivity index (χ0v) is 17.4. The van der Waals surface area contributed by atoms with Gasteiger partial charge in [-0.25, -0.2) is 0 Å². The van der Waals surface area contributed by atoms with Crippen LogP contribution in [0.25, 0.3) is 0 Å². The van der Waals surface area contributed by atoms with Gasteiger partial charge in [-0.2, -0.15) is 5.10 Å². The molecule has 0 bridgehead atoms. The summed E-state index contributed by atoms with van der Waals surface area (Å²) < 4.78 is 7.76. The van der Waals surface area contributed by atoms with Crippen LogP contribution < -0.4 is 15.4 Å². The monoisotopic (exact) mass is 391 g/mol. The summed E-state index contributed by atoms with van der Waals surface area (Å²) in [4.78, 5) is 4.29. The van der Waals surface area contributed by atoms with E-state index in [4.69, 9.17) is 9.84 Å². The van der Waals surface area contributed by atoms with E-state index in [0.29, 0.717) is 19.7 Å². The zero-order valence-electron chi connectivity index (χ0n) is 17.4. The first-order valence-electron chi connectivity index (χ1n) is 9.86. The predicted molar refractivity (Wildman–Crippen MR) is 117 cm³/mol. The molecule has 0 atom stereocenters. The van der Waals surface area contributed by atoms with Gasteiger partial charge in [0.05, 0.1) is 18.8 Å². The number of aryl methyl sites for hydroxylation is 1. The molecule has 0 saturated heterocycles. The fourth-order valence-corrected chi connectivity index (χ4v) is 3.15. The molecule has 6 nitrogen and oxygen atoms in total. The van der Waals surface area contributed by atoms with Crippen molar-refractivity contribution in [2.45, 2.75) is 26.9 Å². The van der Waals surface area contributed by atoms with Gasteiger partial charge in [0.1, 0.15) is 12.4 Å². The van der Waals surface area contributed by atoms with Crippen molar-refractivity contribution in [2.75, 3.05) is 20.2 Å². The molecule has 0 radical (unpaired) electrons. The highest BCUT2D eigenvalue weighted by Gasteiger charge is 2.12. The van der Waals surface area contributed by atoms with Gasteiger partial charge in [0.25, 0.3) is 0 Å². The predicted octanol–water partition coefficient (Wildman–Crippen LogP) is 3.29. The van der Waals surface area contributed by atoms with Crippen LogP contribution in [0.3, 0.4) is 0 Å². The van der Waals surface area contributed by atoms with Gasteiger partial charge >= 0.3 is 0 Å². The van der Waals surface area contributed by atoms with Crippen LogP contribution in [0.1, 0.15) is 22.5 Å². The number of ether oxygens (including phenoxy) is 1. The quantitative estimate of drug-likeness (QED) is 0.351. The van der Waals surface area contributed by atoms with Gasteiger partial charge in [0.2, 0.25) is 0 Å². The van der Waals surface area contributed by atoms with Gasteiger partial charge in [-0.05, 0) is 31.5 Å². The summed E-state index contributed by atoms with van der Waals surface area (Å²) in [7, 11) is 1.77. The summed E-state index contributed by atoms with van der Waals surface area (Å²) in [6.45, 7) is 6.85. The van der Waals surface area contributed by atoms with Crippen molar-refractivity contribution in [1.29, 1.82) is 0 Å². The van der Waals surface area contributed by atoms with E-state index in [9.17, 15) is 0 Å². The standard InChI is InChI=1S/C23H29N5O/c1-18-22(19(2)28(27-18)17-20-10-6-4-7-11-20)16-26-23(24-3)25-14-15-29-21-12-8-5-9-13-21/h4-13H,14-17H2,1-3H3,(H2,24,25,26). The molecule has 6 heteroatoms. The van der Waals surface area contributed by atoms with Crippen molar-refractivity contribution in [1.82, 2.24) is 20.4 Å². The number of benzene rings is 2. The van der Waals surface area contributed by atoms with Crippen LogP contribution in [0.5, 0.6) is 5.75 Å². The maximum Gasteiger partial charge on any atom is 0.191 e. The lowest BCUT2D eigenvalue weighted by Crippen LogP contribution is -2.39. The van der Waals surface area contributed by atoms with Gasteiger partial charge in [0, 0.05) is 24.8 Å². The van der Waals surface area contributed by atoms with Gasteiger partial charge in [-0.1, -0.05) is 48.5 Å². The molecule has 1 aromatic heterocycles. The Kier molecular flexibility index (Phi) is 7.28. The van der Waals surface area contributed by atoms with Gasteiger partial charge in [-0.3, -0.25) is 9.67 Å². The lowest BCUT2D eigenvalue weighted by molar-refractivity contribution is 0.322. The summed E-state index contributed by atoms with van der Waals surface area (Å²) in [5.41, 5.74) is 4.65. The van der Waals surface area contributed by atoms with E-state index >= 15 is 0 Å². The fourth-order valence-electron chi connectivity index (χ4n) is 3.15. The second-order valence-corrected chi connectivity index (χ2v) is 6.81. The molecule has 0 aliphatic heterocycles. The van der Waals surface area contributed by atoms with Crippen LogP contribution in [0, 0.1) is 13.8 Å². The third-order valence-electron chi connectivity index (χ3n) is 4.77. The van der Waals surface area contributed by atoms with Crippen LogP contribution in [0.2, 0.25) is 0 Å². The number of para-hydroxylation sites is 1. The Hall–Kier alpha value is -3.28. The molecule has 3 rings (SSSR count). The third kappa shape index (κ3) is 5.85. The Labute approximate surface area is 172 Å². The van der Waals surface area contributed by atoms with Crippen molar-refractivity contribution in [3.63, 3.8) is 0 Å². The highest BCUT2D eigenvalue weighted by molar-refractivity contribution is 5.79. The van der Waals surface area contributed by atoms with E-state index in [1.807, 2.05) is 36.4 Å². The van der Waals surface area contributed by atoms with Crippen LogP contribution in [-0.4, -0.2) is 35.9 Å². The molecule has 0 aliphatic carbocycles. The first-order chi connectivity index (χ1) is 14.2. The van der Waals surface area contributed by atoms with Gasteiger partial charge in [-0.15, -0.1) is 0 Å². The summed E-state index contributed by atoms with van der Waals surface area (Å²) in [6, 6.07) is 20.2. The summed E-state index contributed by atoms with van der Waals surface area (Å²) >= 11 is 0. The Morgan fingerprint density at radius 2 is 1.69 bits per heavy atom. The maximum absolute atomic E-state index is 5.70. The topological polar surface area (TPSA) is 63.5 Å². The largest absolute Gasteiger partial charge is 0.492 e. The Bertz CT molecular complexity index is 919. The molecular weight excluding hydrogens is 362 g/mol. The van der Waals surface area contributed by atoms with E-state index in [2.05, 4.69) is 58.4 Å². The van der Waals surface area contributed by atoms with E-state index in [-0.39, 0.29) is 0 Å². The molecule has 2 N–H and O–H groups in total. The molecule has 3 aromatic rings. The highest BCUT2D eigenvalue weighted by Crippen LogP contribution is 2.14. The van der Waals surface area contributed by atoms with Crippen molar-refractivity contribution in [3.05, 3.63) is 83.2 Å². The highest BCUT2D eigenvalue weighted by atomic mass is 16.5. The van der Waals surface area contributed by atoms with Crippen molar-refractivity contribution < 1.29 is 4.74 Å². The number of hydrogen-bond acceptors (Lipinski definition) is 3. The molecular formula is C23H29N5O. The van der Waals surface area contributed by atoms with E-state index in [1.165, 1.54) is 16.8 Å². The first kappa shape index (κ1) is 20.5. The van der Waals surface area contributed by atoms with Crippen LogP contribution in [0.4, 0.5) is 0 Å². The first-order valence-corrected chi connectivity index (χ1v) is 9.86. The minimum Gasteiger partial charge on any atom is -0.492 e. The molecule has 29 heavy (non-hydrogen) atoms. The van der Waals surface area contributed by atoms with Gasteiger partial charge in [0.15, 0.2) is 5.96 Å². The molecule has 0 unspecified atom stereocenters. The normalized spacial score (nSPS) is 11.3. The molecule has 0 aliphatic rings. The summed E-state index contributed by atoms with van der Waals surface area (Å²) in [6.07, 6.45) is 0. The number of nitrogens with zero attached hydrogens (tertiary/aromatic N) is 3. The third-order valence-corrected chi connectivity index (χ3v) is 4.77. The number of hydrogen-bond donors (Lipinski definition) is 2. The van der Waals surface area contributed by atoms with Crippen LogP contribution >= 0.6 is 0 Å². The molecule has 0 spiro atoms. The number of nitrogens with one attached hydrogen (secondary N) is 2. The van der Waals surface area contributed by atoms with Crippen molar-refractivity contribution in [2.24, 2.45) is 4.99 Å². The number of guanidine groups is 1. The second kappa shape index (κ2) is 10.3. The van der Waals surface area contributed by atoms with Gasteiger partial charge < -0.3 is 15.4 Å². The number of rotatable bonds is 8. The molecule has 0 amide bonds. The smallest absolute Gasteiger partial charge is 0.191 e. The maximum atomic E-state index is 5.70. The van der Waals surface area contributed by atoms with Crippen LogP contribution in [-0.2, 0) is 13.1 Å². The van der Waals surface area contributed by atoms with Crippen LogP contribution in [0.15, 0.2) is 65.7 Å². The second-order valence-electron chi connectivity index (χ2n) is 6.81. The number of aliphatic imine (C=N–C) groups is 1. The molecule has 2 aromatic carbocycles. The molecule has 1 heterocycles.